The molecule has 0 aliphatic rings. The molecule has 12 heavy (non-hydrogen) atoms. The van der Waals surface area contributed by atoms with Crippen molar-refractivity contribution in [2.24, 2.45) is 0 Å². The maximum Gasteiger partial charge on any atom is 0.412 e. The number of rotatable bonds is 3. The third-order valence-corrected chi connectivity index (χ3v) is 0.915. The number of aliphatic hydroxyl groups is 1. The summed E-state index contributed by atoms with van der Waals surface area (Å²) in [5.41, 5.74) is 0. The van der Waals surface area contributed by atoms with Gasteiger partial charge >= 0.3 is 12.3 Å². The summed E-state index contributed by atoms with van der Waals surface area (Å²) in [6.45, 7) is -1.44. The average Bonchev–Trinajstić information content (AvgIpc) is 1.82. The lowest BCUT2D eigenvalue weighted by Crippen LogP contribution is -2.37. The molecular formula is C5H7F5O2. The van der Waals surface area contributed by atoms with Gasteiger partial charge in [-0.15, -0.1) is 0 Å². The second-order valence-electron chi connectivity index (χ2n) is 2.14. The van der Waals surface area contributed by atoms with Crippen molar-refractivity contribution in [2.75, 3.05) is 6.61 Å². The smallest absolute Gasteiger partial charge is 0.384 e. The summed E-state index contributed by atoms with van der Waals surface area (Å²) in [6.07, 6.45) is -11.2. The van der Waals surface area contributed by atoms with Crippen LogP contribution in [0.5, 0.6) is 0 Å². The Hall–Kier alpha value is -0.430. The van der Waals surface area contributed by atoms with Crippen molar-refractivity contribution in [3.8, 4) is 0 Å². The number of hydrogen-bond donors (Lipinski definition) is 1. The molecule has 0 aliphatic heterocycles. The van der Waals surface area contributed by atoms with Crippen LogP contribution < -0.4 is 0 Å². The van der Waals surface area contributed by atoms with Gasteiger partial charge in [0, 0.05) is 0 Å². The van der Waals surface area contributed by atoms with Gasteiger partial charge in [0.05, 0.1) is 0 Å². The number of aliphatic hydroxyl groups excluding tert-OH is 1. The van der Waals surface area contributed by atoms with Crippen LogP contribution in [0.25, 0.3) is 0 Å². The molecule has 0 radical (unpaired) electrons. The number of halogens is 5. The van der Waals surface area contributed by atoms with Crippen molar-refractivity contribution in [3.05, 3.63) is 0 Å². The van der Waals surface area contributed by atoms with Gasteiger partial charge in [-0.1, -0.05) is 0 Å². The van der Waals surface area contributed by atoms with Gasteiger partial charge in [-0.2, -0.15) is 22.0 Å². The number of alkyl halides is 5. The molecule has 0 saturated heterocycles. The molecule has 0 amide bonds. The highest BCUT2D eigenvalue weighted by Crippen LogP contribution is 2.24. The molecule has 0 rings (SSSR count). The van der Waals surface area contributed by atoms with Gasteiger partial charge in [-0.25, -0.2) is 0 Å². The molecule has 1 N–H and O–H groups in total. The molecule has 0 aromatic heterocycles. The Labute approximate surface area is 64.9 Å². The van der Waals surface area contributed by atoms with Crippen molar-refractivity contribution in [2.45, 2.75) is 25.3 Å². The first kappa shape index (κ1) is 11.6. The van der Waals surface area contributed by atoms with Crippen molar-refractivity contribution < 1.29 is 31.8 Å². The molecule has 1 unspecified atom stereocenters. The molecule has 0 aliphatic carbocycles. The zero-order valence-electron chi connectivity index (χ0n) is 6.03. The minimum absolute atomic E-state index is 0.635. The van der Waals surface area contributed by atoms with Crippen LogP contribution in [0.4, 0.5) is 22.0 Å². The van der Waals surface area contributed by atoms with E-state index in [1.165, 1.54) is 0 Å². The fourth-order valence-corrected chi connectivity index (χ4v) is 0.299. The Bertz CT molecular complexity index is 141. The lowest BCUT2D eigenvalue weighted by Gasteiger charge is -2.19. The van der Waals surface area contributed by atoms with Gasteiger partial charge in [0.15, 0.2) is 0 Å². The molecule has 0 aromatic rings. The summed E-state index contributed by atoms with van der Waals surface area (Å²) < 4.78 is 61.3. The zero-order valence-corrected chi connectivity index (χ0v) is 6.03. The molecule has 0 aromatic carbocycles. The molecule has 7 heteroatoms. The SMILES string of the molecule is CC(O)C(F)(F)OCC(F)(F)F. The first-order chi connectivity index (χ1) is 5.15. The van der Waals surface area contributed by atoms with Gasteiger partial charge in [0.2, 0.25) is 0 Å². The summed E-state index contributed by atoms with van der Waals surface area (Å²) in [6, 6.07) is 0. The van der Waals surface area contributed by atoms with E-state index in [9.17, 15) is 22.0 Å². The average molecular weight is 194 g/mol. The maximum atomic E-state index is 12.1. The van der Waals surface area contributed by atoms with E-state index < -0.39 is 25.0 Å². The topological polar surface area (TPSA) is 29.5 Å². The van der Waals surface area contributed by atoms with E-state index in [2.05, 4.69) is 4.74 Å². The van der Waals surface area contributed by atoms with E-state index in [4.69, 9.17) is 5.11 Å². The first-order valence-electron chi connectivity index (χ1n) is 2.92. The van der Waals surface area contributed by atoms with Gasteiger partial charge in [0.25, 0.3) is 0 Å². The summed E-state index contributed by atoms with van der Waals surface area (Å²) in [7, 11) is 0. The Balaban J connectivity index is 3.93. The molecule has 0 spiro atoms. The fraction of sp³-hybridized carbons (Fsp3) is 1.00. The van der Waals surface area contributed by atoms with Crippen molar-refractivity contribution in [3.63, 3.8) is 0 Å². The molecule has 1 atom stereocenters. The molecule has 0 fully saturated rings. The molecule has 0 saturated carbocycles. The zero-order chi connectivity index (χ0) is 9.99. The Morgan fingerprint density at radius 3 is 1.92 bits per heavy atom. The predicted octanol–water partition coefficient (Wildman–Crippen LogP) is 1.54. The van der Waals surface area contributed by atoms with Crippen LogP contribution in [0.15, 0.2) is 0 Å². The van der Waals surface area contributed by atoms with Crippen molar-refractivity contribution in [1.82, 2.24) is 0 Å². The second kappa shape index (κ2) is 3.53. The lowest BCUT2D eigenvalue weighted by molar-refractivity contribution is -0.318. The van der Waals surface area contributed by atoms with Crippen LogP contribution in [0.3, 0.4) is 0 Å². The third kappa shape index (κ3) is 4.45. The minimum Gasteiger partial charge on any atom is -0.384 e. The van der Waals surface area contributed by atoms with Crippen LogP contribution in [-0.4, -0.2) is 30.1 Å². The monoisotopic (exact) mass is 194 g/mol. The molecule has 2 nitrogen and oxygen atoms in total. The molecule has 74 valence electrons. The van der Waals surface area contributed by atoms with Crippen LogP contribution >= 0.6 is 0 Å². The summed E-state index contributed by atoms with van der Waals surface area (Å²) in [5, 5.41) is 8.23. The Morgan fingerprint density at radius 1 is 1.25 bits per heavy atom. The summed E-state index contributed by atoms with van der Waals surface area (Å²) in [5.74, 6) is 0. The van der Waals surface area contributed by atoms with E-state index in [1.54, 1.807) is 0 Å². The maximum absolute atomic E-state index is 12.1. The molecular weight excluding hydrogens is 187 g/mol. The van der Waals surface area contributed by atoms with Crippen LogP contribution in [0.1, 0.15) is 6.92 Å². The van der Waals surface area contributed by atoms with E-state index in [0.29, 0.717) is 6.92 Å². The van der Waals surface area contributed by atoms with Gasteiger partial charge in [-0.05, 0) is 6.92 Å². The highest BCUT2D eigenvalue weighted by atomic mass is 19.4. The van der Waals surface area contributed by atoms with Crippen LogP contribution in [0, 0.1) is 0 Å². The summed E-state index contributed by atoms with van der Waals surface area (Å²) in [4.78, 5) is 0. The van der Waals surface area contributed by atoms with E-state index in [1.807, 2.05) is 0 Å². The van der Waals surface area contributed by atoms with E-state index in [0.717, 1.165) is 0 Å². The van der Waals surface area contributed by atoms with Gasteiger partial charge in [0.1, 0.15) is 12.7 Å². The fourth-order valence-electron chi connectivity index (χ4n) is 0.299. The summed E-state index contributed by atoms with van der Waals surface area (Å²) >= 11 is 0. The highest BCUT2D eigenvalue weighted by Gasteiger charge is 2.41. The van der Waals surface area contributed by atoms with Crippen LogP contribution in [0.2, 0.25) is 0 Å². The Morgan fingerprint density at radius 2 is 1.67 bits per heavy atom. The Kier molecular flexibility index (Phi) is 3.40. The predicted molar refractivity (Wildman–Crippen MR) is 28.6 cm³/mol. The second-order valence-corrected chi connectivity index (χ2v) is 2.14. The van der Waals surface area contributed by atoms with Crippen LogP contribution in [-0.2, 0) is 4.74 Å². The number of ether oxygens (including phenoxy) is 1. The highest BCUT2D eigenvalue weighted by molar-refractivity contribution is 4.61. The largest absolute Gasteiger partial charge is 0.412 e. The van der Waals surface area contributed by atoms with Crippen molar-refractivity contribution >= 4 is 0 Å². The molecule has 0 heterocycles. The lowest BCUT2D eigenvalue weighted by atomic mass is 10.4. The van der Waals surface area contributed by atoms with E-state index >= 15 is 0 Å². The molecule has 0 bridgehead atoms. The van der Waals surface area contributed by atoms with Crippen molar-refractivity contribution in [1.29, 1.82) is 0 Å². The third-order valence-electron chi connectivity index (χ3n) is 0.915. The van der Waals surface area contributed by atoms with Gasteiger partial charge in [-0.3, -0.25) is 0 Å². The number of hydrogen-bond acceptors (Lipinski definition) is 2. The minimum atomic E-state index is -4.82. The van der Waals surface area contributed by atoms with Gasteiger partial charge < -0.3 is 9.84 Å². The first-order valence-corrected chi connectivity index (χ1v) is 2.92. The quantitative estimate of drug-likeness (QED) is 0.690. The van der Waals surface area contributed by atoms with E-state index in [-0.39, 0.29) is 0 Å². The normalized spacial score (nSPS) is 16.2. The standard InChI is InChI=1S/C5H7F5O2/c1-3(11)5(9,10)12-2-4(6,7)8/h3,11H,2H2,1H3.